The Morgan fingerprint density at radius 2 is 1.71 bits per heavy atom. The van der Waals surface area contributed by atoms with Crippen LogP contribution in [0.5, 0.6) is 5.75 Å². The van der Waals surface area contributed by atoms with E-state index in [1.54, 1.807) is 24.3 Å². The number of nitrogens with zero attached hydrogens (tertiary/aromatic N) is 2. The monoisotopic (exact) mass is 508 g/mol. The van der Waals surface area contributed by atoms with E-state index >= 15 is 0 Å². The molecule has 2 aromatic carbocycles. The number of carboxylic acid groups (broad SMARTS) is 2. The lowest BCUT2D eigenvalue weighted by Crippen LogP contribution is -2.27. The van der Waals surface area contributed by atoms with Crippen molar-refractivity contribution in [2.75, 3.05) is 0 Å². The molecule has 0 saturated carbocycles. The molecule has 8 nitrogen and oxygen atoms in total. The molecule has 0 spiro atoms. The Morgan fingerprint density at radius 3 is 2.34 bits per heavy atom. The van der Waals surface area contributed by atoms with E-state index in [-0.39, 0.29) is 29.3 Å². The van der Waals surface area contributed by atoms with Gasteiger partial charge < -0.3 is 19.9 Å². The van der Waals surface area contributed by atoms with E-state index in [0.717, 1.165) is 22.5 Å². The molecule has 35 heavy (non-hydrogen) atoms. The maximum atomic E-state index is 13.1. The van der Waals surface area contributed by atoms with E-state index in [1.165, 1.54) is 40.9 Å². The van der Waals surface area contributed by atoms with Crippen molar-refractivity contribution < 1.29 is 29.7 Å². The van der Waals surface area contributed by atoms with Crippen LogP contribution in [0.2, 0.25) is 0 Å². The fourth-order valence-corrected chi connectivity index (χ4v) is 5.12. The summed E-state index contributed by atoms with van der Waals surface area (Å²) in [6.45, 7) is 3.95. The average molecular weight is 509 g/mol. The second-order valence-electron chi connectivity index (χ2n) is 7.94. The van der Waals surface area contributed by atoms with Crippen LogP contribution in [0.15, 0.2) is 53.4 Å². The van der Waals surface area contributed by atoms with Gasteiger partial charge in [0.2, 0.25) is 0 Å². The van der Waals surface area contributed by atoms with Crippen molar-refractivity contribution >= 4 is 52.2 Å². The molecule has 1 aliphatic rings. The molecule has 1 saturated heterocycles. The number of aromatic carboxylic acids is 2. The summed E-state index contributed by atoms with van der Waals surface area (Å²) in [6, 6.07) is 12.5. The quantitative estimate of drug-likeness (QED) is 0.327. The largest absolute Gasteiger partial charge is 0.507 e. The second kappa shape index (κ2) is 9.40. The smallest absolute Gasteiger partial charge is 0.339 e. The van der Waals surface area contributed by atoms with Crippen molar-refractivity contribution in [2.24, 2.45) is 0 Å². The lowest BCUT2D eigenvalue weighted by molar-refractivity contribution is -0.122. The third-order valence-corrected chi connectivity index (χ3v) is 7.02. The Morgan fingerprint density at radius 1 is 1.03 bits per heavy atom. The molecule has 2 heterocycles. The van der Waals surface area contributed by atoms with Crippen molar-refractivity contribution in [3.8, 4) is 11.4 Å². The van der Waals surface area contributed by atoms with Gasteiger partial charge in [0.15, 0.2) is 0 Å². The number of benzene rings is 2. The first kappa shape index (κ1) is 24.2. The molecule has 10 heteroatoms. The van der Waals surface area contributed by atoms with Crippen LogP contribution >= 0.6 is 24.0 Å². The minimum absolute atomic E-state index is 0.165. The second-order valence-corrected chi connectivity index (χ2v) is 9.61. The fraction of sp³-hybridized carbons (Fsp3) is 0.120. The van der Waals surface area contributed by atoms with E-state index in [0.29, 0.717) is 14.9 Å². The number of carbonyl (C=O) groups excluding carboxylic acids is 1. The van der Waals surface area contributed by atoms with E-state index in [9.17, 15) is 24.6 Å². The molecule has 0 unspecified atom stereocenters. The molecule has 0 radical (unpaired) electrons. The number of rotatable bonds is 6. The van der Waals surface area contributed by atoms with E-state index in [2.05, 4.69) is 0 Å². The summed E-state index contributed by atoms with van der Waals surface area (Å²) in [4.78, 5) is 37.5. The highest BCUT2D eigenvalue weighted by Crippen LogP contribution is 2.35. The zero-order valence-electron chi connectivity index (χ0n) is 18.7. The van der Waals surface area contributed by atoms with Crippen LogP contribution in [0.1, 0.15) is 43.2 Å². The molecular weight excluding hydrogens is 488 g/mol. The maximum Gasteiger partial charge on any atom is 0.339 e. The van der Waals surface area contributed by atoms with Gasteiger partial charge in [0.25, 0.3) is 5.91 Å². The predicted molar refractivity (Wildman–Crippen MR) is 136 cm³/mol. The summed E-state index contributed by atoms with van der Waals surface area (Å²) in [5.74, 6) is -2.81. The number of aromatic nitrogens is 1. The SMILES string of the molecule is Cc1cc(/C=C2\SC(=S)N(Cc3ccc(C(=O)O)cc3)C2=O)c(C)n1-c1ccc(O)c(C(=O)O)c1. The summed E-state index contributed by atoms with van der Waals surface area (Å²) >= 11 is 6.60. The van der Waals surface area contributed by atoms with Crippen LogP contribution in [0.3, 0.4) is 0 Å². The number of phenols is 1. The number of thioether (sulfide) groups is 1. The standard InChI is InChI=1S/C25H20N2O6S2/c1-13-9-17(14(2)27(13)18-7-8-20(28)19(11-18)24(32)33)10-21-22(29)26(25(34)35-21)12-15-3-5-16(6-4-15)23(30)31/h3-11,28H,12H2,1-2H3,(H,30,31)(H,32,33)/b21-10-. The number of carbonyl (C=O) groups is 3. The van der Waals surface area contributed by atoms with Crippen LogP contribution in [0.4, 0.5) is 0 Å². The lowest BCUT2D eigenvalue weighted by Gasteiger charge is -2.14. The number of aryl methyl sites for hydroxylation is 1. The van der Waals surface area contributed by atoms with Gasteiger partial charge in [-0.3, -0.25) is 9.69 Å². The third kappa shape index (κ3) is 4.71. The first-order chi connectivity index (χ1) is 16.6. The van der Waals surface area contributed by atoms with Crippen LogP contribution in [-0.2, 0) is 11.3 Å². The highest BCUT2D eigenvalue weighted by Gasteiger charge is 2.32. The maximum absolute atomic E-state index is 13.1. The molecule has 0 atom stereocenters. The van der Waals surface area contributed by atoms with Gasteiger partial charge in [-0.1, -0.05) is 36.1 Å². The summed E-state index contributed by atoms with van der Waals surface area (Å²) in [5.41, 5.74) is 3.69. The van der Waals surface area contributed by atoms with Gasteiger partial charge in [0.05, 0.1) is 17.0 Å². The number of hydrogen-bond acceptors (Lipinski definition) is 6. The Balaban J connectivity index is 1.61. The molecule has 1 amide bonds. The molecule has 178 valence electrons. The molecule has 4 rings (SSSR count). The third-order valence-electron chi connectivity index (χ3n) is 5.64. The normalized spacial score (nSPS) is 14.7. The van der Waals surface area contributed by atoms with Crippen LogP contribution in [0.25, 0.3) is 11.8 Å². The first-order valence-corrected chi connectivity index (χ1v) is 11.6. The molecule has 0 bridgehead atoms. The summed E-state index contributed by atoms with van der Waals surface area (Å²) in [7, 11) is 0. The average Bonchev–Trinajstić information content (AvgIpc) is 3.23. The minimum Gasteiger partial charge on any atom is -0.507 e. The van der Waals surface area contributed by atoms with Crippen molar-refractivity contribution in [1.29, 1.82) is 0 Å². The van der Waals surface area contributed by atoms with Gasteiger partial charge in [-0.25, -0.2) is 9.59 Å². The van der Waals surface area contributed by atoms with Gasteiger partial charge >= 0.3 is 11.9 Å². The van der Waals surface area contributed by atoms with E-state index < -0.39 is 11.9 Å². The molecule has 3 N–H and O–H groups in total. The van der Waals surface area contributed by atoms with Crippen LogP contribution in [-0.4, -0.2) is 47.0 Å². The number of hydrogen-bond donors (Lipinski definition) is 3. The number of thiocarbonyl (C=S) groups is 1. The van der Waals surface area contributed by atoms with Gasteiger partial charge in [-0.2, -0.15) is 0 Å². The minimum atomic E-state index is -1.23. The number of carboxylic acids is 2. The Kier molecular flexibility index (Phi) is 6.51. The zero-order chi connectivity index (χ0) is 25.4. The fourth-order valence-electron chi connectivity index (χ4n) is 3.88. The number of aromatic hydroxyl groups is 1. The lowest BCUT2D eigenvalue weighted by atomic mass is 10.1. The van der Waals surface area contributed by atoms with Gasteiger partial charge in [0.1, 0.15) is 15.6 Å². The van der Waals surface area contributed by atoms with E-state index in [4.69, 9.17) is 17.3 Å². The Labute approximate surface area is 210 Å². The molecule has 3 aromatic rings. The van der Waals surface area contributed by atoms with Crippen molar-refractivity contribution in [2.45, 2.75) is 20.4 Å². The van der Waals surface area contributed by atoms with Crippen molar-refractivity contribution in [3.05, 3.63) is 87.1 Å². The number of amides is 1. The predicted octanol–water partition coefficient (Wildman–Crippen LogP) is 4.60. The molecular formula is C25H20N2O6S2. The van der Waals surface area contributed by atoms with Gasteiger partial charge in [0, 0.05) is 17.1 Å². The first-order valence-electron chi connectivity index (χ1n) is 10.4. The summed E-state index contributed by atoms with van der Waals surface area (Å²) in [6.07, 6.45) is 1.75. The topological polar surface area (TPSA) is 120 Å². The summed E-state index contributed by atoms with van der Waals surface area (Å²) < 4.78 is 2.25. The highest BCUT2D eigenvalue weighted by atomic mass is 32.2. The van der Waals surface area contributed by atoms with E-state index in [1.807, 2.05) is 24.5 Å². The highest BCUT2D eigenvalue weighted by molar-refractivity contribution is 8.26. The van der Waals surface area contributed by atoms with Crippen molar-refractivity contribution in [3.63, 3.8) is 0 Å². The molecule has 1 fully saturated rings. The Bertz CT molecular complexity index is 1420. The summed E-state index contributed by atoms with van der Waals surface area (Å²) in [5, 5.41) is 28.2. The molecule has 0 aliphatic carbocycles. The zero-order valence-corrected chi connectivity index (χ0v) is 20.3. The van der Waals surface area contributed by atoms with Crippen molar-refractivity contribution in [1.82, 2.24) is 9.47 Å². The van der Waals surface area contributed by atoms with Gasteiger partial charge in [-0.05, 0) is 67.4 Å². The van der Waals surface area contributed by atoms with Gasteiger partial charge in [-0.15, -0.1) is 0 Å². The van der Waals surface area contributed by atoms with Crippen LogP contribution < -0.4 is 0 Å². The van der Waals surface area contributed by atoms with Crippen LogP contribution in [0, 0.1) is 13.8 Å². The molecule has 1 aliphatic heterocycles. The Hall–Kier alpha value is -3.89. The molecule has 1 aromatic heterocycles.